The quantitative estimate of drug-likeness (QED) is 0.510. The van der Waals surface area contributed by atoms with Crippen molar-refractivity contribution in [2.45, 2.75) is 32.2 Å². The van der Waals surface area contributed by atoms with Crippen LogP contribution in [0.1, 0.15) is 42.5 Å². The largest absolute Gasteiger partial charge is 0.384 e. The van der Waals surface area contributed by atoms with Gasteiger partial charge in [0.1, 0.15) is 11.6 Å². The zero-order valence-electron chi connectivity index (χ0n) is 14.3. The van der Waals surface area contributed by atoms with E-state index in [9.17, 15) is 9.59 Å². The van der Waals surface area contributed by atoms with Crippen LogP contribution in [-0.2, 0) is 16.0 Å². The Morgan fingerprint density at radius 3 is 2.28 bits per heavy atom. The Hall–Kier alpha value is -2.95. The van der Waals surface area contributed by atoms with Crippen LogP contribution in [0.3, 0.4) is 0 Å². The Balaban J connectivity index is 1.77. The second kappa shape index (κ2) is 8.78. The molecular weight excluding hydrogens is 314 g/mol. The smallest absolute Gasteiger partial charge is 0.220 e. The Labute approximate surface area is 147 Å². The minimum absolute atomic E-state index is 0.00193. The van der Waals surface area contributed by atoms with Gasteiger partial charge in [-0.25, -0.2) is 0 Å². The van der Waals surface area contributed by atoms with E-state index >= 15 is 0 Å². The van der Waals surface area contributed by atoms with E-state index < -0.39 is 0 Å². The molecule has 0 aliphatic heterocycles. The van der Waals surface area contributed by atoms with E-state index in [2.05, 4.69) is 5.32 Å². The van der Waals surface area contributed by atoms with E-state index in [-0.39, 0.29) is 42.8 Å². The van der Waals surface area contributed by atoms with Crippen molar-refractivity contribution >= 4 is 17.5 Å². The number of ketones is 1. The molecule has 25 heavy (non-hydrogen) atoms. The van der Waals surface area contributed by atoms with E-state index in [1.54, 1.807) is 24.3 Å². The van der Waals surface area contributed by atoms with Gasteiger partial charge in [-0.15, -0.1) is 0 Å². The number of Topliss-reactive ketones (excluding diaryl/α,β-unsaturated/α-hetero) is 1. The molecule has 0 saturated carbocycles. The molecule has 130 valence electrons. The lowest BCUT2D eigenvalue weighted by Gasteiger charge is -2.14. The zero-order chi connectivity index (χ0) is 18.2. The van der Waals surface area contributed by atoms with Crippen LogP contribution in [0.5, 0.6) is 0 Å². The Morgan fingerprint density at radius 1 is 1.04 bits per heavy atom. The number of benzene rings is 2. The number of hydrogen-bond donors (Lipinski definition) is 3. The number of nitrogens with two attached hydrogens (primary N) is 1. The number of amides is 1. The molecule has 0 aliphatic carbocycles. The van der Waals surface area contributed by atoms with Gasteiger partial charge in [0.05, 0.1) is 6.04 Å². The van der Waals surface area contributed by atoms with Crippen molar-refractivity contribution in [1.82, 2.24) is 5.32 Å². The SMILES string of the molecule is C[C@H](NC(=O)CCC(=O)Cc1ccc(C(=N)N)cc1)c1ccccc1. The average molecular weight is 337 g/mol. The summed E-state index contributed by atoms with van der Waals surface area (Å²) in [5.41, 5.74) is 7.92. The number of nitrogen functional groups attached to an aromatic ring is 1. The van der Waals surface area contributed by atoms with Gasteiger partial charge < -0.3 is 11.1 Å². The van der Waals surface area contributed by atoms with Crippen molar-refractivity contribution in [3.05, 3.63) is 71.3 Å². The molecule has 1 amide bonds. The molecular formula is C20H23N3O2. The van der Waals surface area contributed by atoms with E-state index in [1.807, 2.05) is 37.3 Å². The number of amidine groups is 1. The summed E-state index contributed by atoms with van der Waals surface area (Å²) in [6, 6.07) is 16.6. The lowest BCUT2D eigenvalue weighted by Crippen LogP contribution is -2.27. The number of rotatable bonds is 8. The summed E-state index contributed by atoms with van der Waals surface area (Å²) in [7, 11) is 0. The molecule has 5 nitrogen and oxygen atoms in total. The first kappa shape index (κ1) is 18.4. The summed E-state index contributed by atoms with van der Waals surface area (Å²) in [6.45, 7) is 1.92. The second-order valence-corrected chi connectivity index (χ2v) is 6.03. The molecule has 0 aromatic heterocycles. The van der Waals surface area contributed by atoms with Crippen LogP contribution in [0.4, 0.5) is 0 Å². The topological polar surface area (TPSA) is 96.0 Å². The summed E-state index contributed by atoms with van der Waals surface area (Å²) in [6.07, 6.45) is 0.670. The Morgan fingerprint density at radius 2 is 1.68 bits per heavy atom. The normalized spacial score (nSPS) is 11.6. The van der Waals surface area contributed by atoms with Crippen LogP contribution in [-0.4, -0.2) is 17.5 Å². The molecule has 2 aromatic rings. The molecule has 1 atom stereocenters. The molecule has 0 spiro atoms. The van der Waals surface area contributed by atoms with E-state index in [0.717, 1.165) is 11.1 Å². The highest BCUT2D eigenvalue weighted by Gasteiger charge is 2.11. The molecule has 2 aromatic carbocycles. The van der Waals surface area contributed by atoms with Gasteiger partial charge in [-0.1, -0.05) is 54.6 Å². The maximum Gasteiger partial charge on any atom is 0.220 e. The molecule has 0 fully saturated rings. The summed E-state index contributed by atoms with van der Waals surface area (Å²) < 4.78 is 0. The second-order valence-electron chi connectivity index (χ2n) is 6.03. The predicted octanol–water partition coefficient (Wildman–Crippen LogP) is 2.74. The van der Waals surface area contributed by atoms with E-state index in [4.69, 9.17) is 11.1 Å². The van der Waals surface area contributed by atoms with Crippen LogP contribution in [0.2, 0.25) is 0 Å². The Kier molecular flexibility index (Phi) is 6.46. The minimum atomic E-state index is -0.128. The molecule has 0 unspecified atom stereocenters. The van der Waals surface area contributed by atoms with Gasteiger partial charge >= 0.3 is 0 Å². The molecule has 5 heteroatoms. The lowest BCUT2D eigenvalue weighted by atomic mass is 10.0. The molecule has 0 heterocycles. The number of nitrogens with one attached hydrogen (secondary N) is 2. The van der Waals surface area contributed by atoms with Gasteiger partial charge in [0.25, 0.3) is 0 Å². The lowest BCUT2D eigenvalue weighted by molar-refractivity contribution is -0.125. The molecule has 0 saturated heterocycles. The summed E-state index contributed by atoms with van der Waals surface area (Å²) in [4.78, 5) is 24.0. The summed E-state index contributed by atoms with van der Waals surface area (Å²) in [5.74, 6) is -0.114. The van der Waals surface area contributed by atoms with Gasteiger partial charge in [0.15, 0.2) is 0 Å². The van der Waals surface area contributed by atoms with Crippen LogP contribution in [0, 0.1) is 5.41 Å². The highest BCUT2D eigenvalue weighted by molar-refractivity contribution is 5.95. The third-order valence-corrected chi connectivity index (χ3v) is 3.97. The van der Waals surface area contributed by atoms with Gasteiger partial charge in [-0.05, 0) is 18.1 Å². The maximum absolute atomic E-state index is 12.0. The van der Waals surface area contributed by atoms with Gasteiger partial charge in [-0.3, -0.25) is 15.0 Å². The standard InChI is InChI=1S/C20H23N3O2/c1-14(16-5-3-2-4-6-16)23-19(25)12-11-18(24)13-15-7-9-17(10-8-15)20(21)22/h2-10,14H,11-13H2,1H3,(H3,21,22)(H,23,25)/t14-/m0/s1. The third-order valence-electron chi connectivity index (χ3n) is 3.97. The van der Waals surface area contributed by atoms with Crippen LogP contribution in [0.15, 0.2) is 54.6 Å². The average Bonchev–Trinajstić information content (AvgIpc) is 2.61. The highest BCUT2D eigenvalue weighted by Crippen LogP contribution is 2.12. The fourth-order valence-electron chi connectivity index (χ4n) is 2.51. The maximum atomic E-state index is 12.0. The number of carbonyl (C=O) groups is 2. The monoisotopic (exact) mass is 337 g/mol. The Bertz CT molecular complexity index is 739. The van der Waals surface area contributed by atoms with Crippen molar-refractivity contribution < 1.29 is 9.59 Å². The first-order valence-corrected chi connectivity index (χ1v) is 8.25. The number of carbonyl (C=O) groups excluding carboxylic acids is 2. The first-order valence-electron chi connectivity index (χ1n) is 8.25. The van der Waals surface area contributed by atoms with Crippen molar-refractivity contribution in [2.75, 3.05) is 0 Å². The fraction of sp³-hybridized carbons (Fsp3) is 0.250. The zero-order valence-corrected chi connectivity index (χ0v) is 14.3. The van der Waals surface area contributed by atoms with Gasteiger partial charge in [0, 0.05) is 24.8 Å². The third kappa shape index (κ3) is 5.88. The van der Waals surface area contributed by atoms with Crippen molar-refractivity contribution in [3.8, 4) is 0 Å². The molecule has 4 N–H and O–H groups in total. The summed E-state index contributed by atoms with van der Waals surface area (Å²) in [5, 5.41) is 10.3. The van der Waals surface area contributed by atoms with E-state index in [1.165, 1.54) is 0 Å². The van der Waals surface area contributed by atoms with Gasteiger partial charge in [0.2, 0.25) is 5.91 Å². The van der Waals surface area contributed by atoms with Crippen molar-refractivity contribution in [1.29, 1.82) is 5.41 Å². The van der Waals surface area contributed by atoms with Crippen LogP contribution >= 0.6 is 0 Å². The van der Waals surface area contributed by atoms with Crippen molar-refractivity contribution in [2.24, 2.45) is 5.73 Å². The molecule has 2 rings (SSSR count). The number of hydrogen-bond acceptors (Lipinski definition) is 3. The van der Waals surface area contributed by atoms with Crippen LogP contribution in [0.25, 0.3) is 0 Å². The van der Waals surface area contributed by atoms with E-state index in [0.29, 0.717) is 5.56 Å². The molecule has 0 aliphatic rings. The van der Waals surface area contributed by atoms with Gasteiger partial charge in [-0.2, -0.15) is 0 Å². The predicted molar refractivity (Wildman–Crippen MR) is 98.4 cm³/mol. The minimum Gasteiger partial charge on any atom is -0.384 e. The van der Waals surface area contributed by atoms with Crippen LogP contribution < -0.4 is 11.1 Å². The molecule has 0 radical (unpaired) electrons. The summed E-state index contributed by atoms with van der Waals surface area (Å²) >= 11 is 0. The molecule has 0 bridgehead atoms. The fourth-order valence-corrected chi connectivity index (χ4v) is 2.51. The first-order chi connectivity index (χ1) is 12.0. The van der Waals surface area contributed by atoms with Crippen molar-refractivity contribution in [3.63, 3.8) is 0 Å². The highest BCUT2D eigenvalue weighted by atomic mass is 16.2.